The number of carbonyl (C=O) groups is 3. The van der Waals surface area contributed by atoms with E-state index in [4.69, 9.17) is 0 Å². The minimum absolute atomic E-state index is 0.150. The Hall–Kier alpha value is -3.62. The molecule has 3 saturated heterocycles. The fraction of sp³-hybridized carbons (Fsp3) is 0.382. The topological polar surface area (TPSA) is 98.7 Å². The SMILES string of the molecule is C[C@]12CCC3(S1)C(C(=O)NCc1ccccc1)N([C@@H](CO)Cc1ccccc1)C(=O)[C@@H]3[C@H]2C(=O)NCc1ccccc1. The maximum absolute atomic E-state index is 14.5. The minimum Gasteiger partial charge on any atom is -0.394 e. The summed E-state index contributed by atoms with van der Waals surface area (Å²) < 4.78 is -1.20. The second kappa shape index (κ2) is 11.6. The van der Waals surface area contributed by atoms with Gasteiger partial charge in [-0.25, -0.2) is 0 Å². The van der Waals surface area contributed by atoms with Crippen LogP contribution in [0, 0.1) is 11.8 Å². The highest BCUT2D eigenvalue weighted by molar-refractivity contribution is 8.02. The number of rotatable bonds is 10. The summed E-state index contributed by atoms with van der Waals surface area (Å²) in [6.07, 6.45) is 1.82. The molecule has 3 aromatic rings. The maximum atomic E-state index is 14.5. The van der Waals surface area contributed by atoms with Gasteiger partial charge < -0.3 is 20.6 Å². The Balaban J connectivity index is 1.33. The largest absolute Gasteiger partial charge is 0.394 e. The monoisotopic (exact) mass is 583 g/mol. The fourth-order valence-electron chi connectivity index (χ4n) is 7.37. The lowest BCUT2D eigenvalue weighted by Crippen LogP contribution is -2.56. The van der Waals surface area contributed by atoms with Crippen LogP contribution in [-0.4, -0.2) is 55.9 Å². The molecule has 42 heavy (non-hydrogen) atoms. The number of benzene rings is 3. The van der Waals surface area contributed by atoms with Crippen molar-refractivity contribution in [2.75, 3.05) is 6.61 Å². The molecule has 3 fully saturated rings. The van der Waals surface area contributed by atoms with Crippen molar-refractivity contribution >= 4 is 29.5 Å². The Bertz CT molecular complexity index is 1440. The molecule has 3 aromatic carbocycles. The average Bonchev–Trinajstić information content (AvgIpc) is 3.59. The first-order chi connectivity index (χ1) is 20.4. The third-order valence-electron chi connectivity index (χ3n) is 9.28. The quantitative estimate of drug-likeness (QED) is 0.338. The van der Waals surface area contributed by atoms with E-state index < -0.39 is 33.4 Å². The molecule has 0 saturated carbocycles. The molecule has 7 nitrogen and oxygen atoms in total. The van der Waals surface area contributed by atoms with Crippen LogP contribution in [0.3, 0.4) is 0 Å². The van der Waals surface area contributed by atoms with Gasteiger partial charge in [0, 0.05) is 17.8 Å². The smallest absolute Gasteiger partial charge is 0.244 e. The van der Waals surface area contributed by atoms with E-state index in [0.29, 0.717) is 25.9 Å². The van der Waals surface area contributed by atoms with Gasteiger partial charge in [0.05, 0.1) is 29.2 Å². The predicted molar refractivity (Wildman–Crippen MR) is 163 cm³/mol. The molecule has 3 heterocycles. The number of hydrogen-bond acceptors (Lipinski definition) is 5. The van der Waals surface area contributed by atoms with Crippen LogP contribution in [0.5, 0.6) is 0 Å². The van der Waals surface area contributed by atoms with Crippen LogP contribution >= 0.6 is 11.8 Å². The molecule has 0 radical (unpaired) electrons. The summed E-state index contributed by atoms with van der Waals surface area (Å²) in [7, 11) is 0. The normalized spacial score (nSPS) is 28.4. The molecule has 3 N–H and O–H groups in total. The second-order valence-corrected chi connectivity index (χ2v) is 13.8. The summed E-state index contributed by atoms with van der Waals surface area (Å²) in [5.41, 5.74) is 2.93. The van der Waals surface area contributed by atoms with Crippen molar-refractivity contribution in [3.05, 3.63) is 108 Å². The molecular formula is C34H37N3O4S. The van der Waals surface area contributed by atoms with Crippen LogP contribution < -0.4 is 10.6 Å². The van der Waals surface area contributed by atoms with E-state index >= 15 is 0 Å². The molecule has 3 aliphatic rings. The number of amides is 3. The van der Waals surface area contributed by atoms with E-state index in [0.717, 1.165) is 23.1 Å². The Morgan fingerprint density at radius 3 is 1.93 bits per heavy atom. The highest BCUT2D eigenvalue weighted by Gasteiger charge is 2.77. The minimum atomic E-state index is -0.793. The van der Waals surface area contributed by atoms with Crippen molar-refractivity contribution in [1.29, 1.82) is 0 Å². The average molecular weight is 584 g/mol. The van der Waals surface area contributed by atoms with Gasteiger partial charge in [-0.3, -0.25) is 14.4 Å². The van der Waals surface area contributed by atoms with Gasteiger partial charge in [0.1, 0.15) is 6.04 Å². The molecule has 2 bridgehead atoms. The number of hydrogen-bond donors (Lipinski definition) is 3. The molecule has 0 aromatic heterocycles. The summed E-state index contributed by atoms with van der Waals surface area (Å²) in [6.45, 7) is 2.51. The summed E-state index contributed by atoms with van der Waals surface area (Å²) >= 11 is 1.64. The van der Waals surface area contributed by atoms with Crippen molar-refractivity contribution in [3.8, 4) is 0 Å². The Morgan fingerprint density at radius 2 is 1.38 bits per heavy atom. The molecule has 8 heteroatoms. The van der Waals surface area contributed by atoms with Gasteiger partial charge in [-0.2, -0.15) is 0 Å². The van der Waals surface area contributed by atoms with Crippen LogP contribution in [0.2, 0.25) is 0 Å². The molecule has 218 valence electrons. The van der Waals surface area contributed by atoms with Crippen LogP contribution in [-0.2, 0) is 33.9 Å². The molecule has 2 unspecified atom stereocenters. The van der Waals surface area contributed by atoms with E-state index in [2.05, 4.69) is 17.6 Å². The van der Waals surface area contributed by atoms with Crippen LogP contribution in [0.4, 0.5) is 0 Å². The molecule has 3 aliphatic heterocycles. The molecule has 1 spiro atoms. The van der Waals surface area contributed by atoms with Crippen LogP contribution in [0.15, 0.2) is 91.0 Å². The number of nitrogens with one attached hydrogen (secondary N) is 2. The molecule has 6 atom stereocenters. The lowest BCUT2D eigenvalue weighted by Gasteiger charge is -2.37. The summed E-state index contributed by atoms with van der Waals surface area (Å²) in [5, 5.41) is 16.8. The summed E-state index contributed by atoms with van der Waals surface area (Å²) in [5.74, 6) is -1.81. The van der Waals surface area contributed by atoms with Gasteiger partial charge in [-0.15, -0.1) is 11.8 Å². The molecule has 0 aliphatic carbocycles. The maximum Gasteiger partial charge on any atom is 0.244 e. The molecular weight excluding hydrogens is 546 g/mol. The zero-order chi connectivity index (χ0) is 29.3. The zero-order valence-corrected chi connectivity index (χ0v) is 24.6. The van der Waals surface area contributed by atoms with Crippen LogP contribution in [0.25, 0.3) is 0 Å². The number of likely N-dealkylation sites (tertiary alicyclic amines) is 1. The van der Waals surface area contributed by atoms with E-state index in [1.807, 2.05) is 91.0 Å². The Morgan fingerprint density at radius 1 is 0.857 bits per heavy atom. The lowest BCUT2D eigenvalue weighted by molar-refractivity contribution is -0.143. The van der Waals surface area contributed by atoms with Gasteiger partial charge in [0.15, 0.2) is 0 Å². The zero-order valence-electron chi connectivity index (χ0n) is 23.7. The predicted octanol–water partition coefficient (Wildman–Crippen LogP) is 3.70. The number of nitrogens with zero attached hydrogens (tertiary/aromatic N) is 1. The Kier molecular flexibility index (Phi) is 7.85. The Labute approximate surface area is 251 Å². The highest BCUT2D eigenvalue weighted by Crippen LogP contribution is 2.71. The highest BCUT2D eigenvalue weighted by atomic mass is 32.2. The van der Waals surface area contributed by atoms with Crippen molar-refractivity contribution in [2.24, 2.45) is 11.8 Å². The lowest BCUT2D eigenvalue weighted by atomic mass is 9.66. The van der Waals surface area contributed by atoms with Crippen molar-refractivity contribution in [1.82, 2.24) is 15.5 Å². The van der Waals surface area contributed by atoms with Gasteiger partial charge in [0.25, 0.3) is 0 Å². The van der Waals surface area contributed by atoms with Crippen molar-refractivity contribution in [3.63, 3.8) is 0 Å². The first kappa shape index (κ1) is 28.5. The fourth-order valence-corrected chi connectivity index (χ4v) is 9.71. The van der Waals surface area contributed by atoms with Crippen LogP contribution in [0.1, 0.15) is 36.5 Å². The van der Waals surface area contributed by atoms with Gasteiger partial charge in [-0.1, -0.05) is 91.0 Å². The van der Waals surface area contributed by atoms with Gasteiger partial charge in [0.2, 0.25) is 17.7 Å². The third-order valence-corrected chi connectivity index (χ3v) is 11.3. The number of thioether (sulfide) groups is 1. The third kappa shape index (κ3) is 5.01. The van der Waals surface area contributed by atoms with Gasteiger partial charge >= 0.3 is 0 Å². The van der Waals surface area contributed by atoms with Gasteiger partial charge in [-0.05, 0) is 42.9 Å². The summed E-state index contributed by atoms with van der Waals surface area (Å²) in [6, 6.07) is 27.8. The number of aliphatic hydroxyl groups is 1. The molecule has 6 rings (SSSR count). The van der Waals surface area contributed by atoms with Crippen molar-refractivity contribution in [2.45, 2.75) is 60.9 Å². The first-order valence-corrected chi connectivity index (χ1v) is 15.5. The number of carbonyl (C=O) groups excluding carboxylic acids is 3. The van der Waals surface area contributed by atoms with Crippen molar-refractivity contribution < 1.29 is 19.5 Å². The second-order valence-electron chi connectivity index (χ2n) is 11.9. The van der Waals surface area contributed by atoms with E-state index in [1.165, 1.54) is 0 Å². The van der Waals surface area contributed by atoms with E-state index in [-0.39, 0.29) is 24.3 Å². The number of fused-ring (bicyclic) bond motifs is 1. The summed E-state index contributed by atoms with van der Waals surface area (Å²) in [4.78, 5) is 44.2. The molecule has 3 amide bonds. The number of aliphatic hydroxyl groups excluding tert-OH is 1. The standard InChI is InChI=1S/C34H37N3O4S/c1-33-17-18-34(42-33)28(27(33)30(39)35-20-24-13-7-3-8-14-24)32(41)37(26(22-38)19-23-11-5-2-6-12-23)29(34)31(40)36-21-25-15-9-4-10-16-25/h2-16,26-29,38H,17-22H2,1H3,(H,35,39)(H,36,40)/t26-,27+,28+,29?,33-,34?/m1/s1. The van der Waals surface area contributed by atoms with E-state index in [9.17, 15) is 19.5 Å². The van der Waals surface area contributed by atoms with E-state index in [1.54, 1.807) is 16.7 Å². The first-order valence-electron chi connectivity index (χ1n) is 14.7.